The van der Waals surface area contributed by atoms with Gasteiger partial charge in [0.1, 0.15) is 17.3 Å². The zero-order valence-corrected chi connectivity index (χ0v) is 21.9. The Morgan fingerprint density at radius 3 is 2.82 bits per heavy atom. The standard InChI is InChI=1S/C28H20Cl2FN7O/c29-14-1-4-23(37-12-33-35-36-37)17(9-14)13-7-24-18-10-19(18)27(38(24)25(39)8-13)22-11-20(28(30)34-22)15-2-3-21-16(26(15)31)5-6-32-21/h1-4,7-9,12,18-19,27,32H,5-6,10-11H2. The molecule has 1 saturated carbocycles. The van der Waals surface area contributed by atoms with Crippen LogP contribution in [0.5, 0.6) is 0 Å². The van der Waals surface area contributed by atoms with Crippen LogP contribution >= 0.6 is 23.2 Å². The summed E-state index contributed by atoms with van der Waals surface area (Å²) in [5, 5.41) is 15.6. The molecule has 0 amide bonds. The van der Waals surface area contributed by atoms with Crippen molar-refractivity contribution in [1.29, 1.82) is 0 Å². The van der Waals surface area contributed by atoms with Crippen LogP contribution < -0.4 is 10.9 Å². The van der Waals surface area contributed by atoms with Crippen LogP contribution in [0.4, 0.5) is 10.1 Å². The Morgan fingerprint density at radius 2 is 1.97 bits per heavy atom. The smallest absolute Gasteiger partial charge is 0.251 e. The summed E-state index contributed by atoms with van der Waals surface area (Å²) < 4.78 is 18.8. The van der Waals surface area contributed by atoms with Crippen LogP contribution in [0.2, 0.25) is 5.02 Å². The zero-order chi connectivity index (χ0) is 26.4. The molecule has 3 unspecified atom stereocenters. The van der Waals surface area contributed by atoms with E-state index in [2.05, 4.69) is 26.9 Å². The van der Waals surface area contributed by atoms with Crippen molar-refractivity contribution in [3.05, 3.63) is 92.0 Å². The second-order valence-electron chi connectivity index (χ2n) is 10.4. The van der Waals surface area contributed by atoms with Crippen molar-refractivity contribution in [1.82, 2.24) is 24.8 Å². The summed E-state index contributed by atoms with van der Waals surface area (Å²) in [4.78, 5) is 18.3. The Morgan fingerprint density at radius 1 is 1.08 bits per heavy atom. The average molecular weight is 560 g/mol. The minimum absolute atomic E-state index is 0.121. The van der Waals surface area contributed by atoms with Crippen LogP contribution in [0.25, 0.3) is 22.4 Å². The van der Waals surface area contributed by atoms with Gasteiger partial charge in [0.25, 0.3) is 5.56 Å². The summed E-state index contributed by atoms with van der Waals surface area (Å²) in [7, 11) is 0. The van der Waals surface area contributed by atoms with Crippen molar-refractivity contribution in [2.75, 3.05) is 11.9 Å². The molecule has 0 saturated heterocycles. The van der Waals surface area contributed by atoms with Gasteiger partial charge in [0, 0.05) is 69.3 Å². The molecular weight excluding hydrogens is 540 g/mol. The molecular formula is C28H20Cl2FN7O. The Balaban J connectivity index is 1.16. The third-order valence-electron chi connectivity index (χ3n) is 8.32. The summed E-state index contributed by atoms with van der Waals surface area (Å²) in [6.07, 6.45) is 3.54. The maximum Gasteiger partial charge on any atom is 0.251 e. The number of aliphatic imine (C=N–C) groups is 1. The number of benzene rings is 2. The van der Waals surface area contributed by atoms with Crippen LogP contribution in [-0.4, -0.2) is 37.0 Å². The van der Waals surface area contributed by atoms with E-state index in [1.165, 1.54) is 6.33 Å². The monoisotopic (exact) mass is 559 g/mol. The van der Waals surface area contributed by atoms with Gasteiger partial charge in [-0.1, -0.05) is 23.2 Å². The quantitative estimate of drug-likeness (QED) is 0.340. The van der Waals surface area contributed by atoms with Crippen molar-refractivity contribution < 1.29 is 4.39 Å². The average Bonchev–Trinajstić information content (AvgIpc) is 3.37. The van der Waals surface area contributed by atoms with Crippen LogP contribution in [0, 0.1) is 11.7 Å². The number of aromatic nitrogens is 5. The molecule has 2 aromatic heterocycles. The lowest BCUT2D eigenvalue weighted by Crippen LogP contribution is -2.29. The SMILES string of the molecule is O=c1cc(-c2cc(Cl)ccc2-n2cnnn2)cc2n1C(C1=NC(Cl)=C(c3ccc4c(c3F)CCN4)C1)C1CC21. The molecule has 39 heavy (non-hydrogen) atoms. The van der Waals surface area contributed by atoms with Crippen LogP contribution in [0.3, 0.4) is 0 Å². The fraction of sp³-hybridized carbons (Fsp3) is 0.250. The normalized spacial score (nSPS) is 22.4. The molecule has 0 radical (unpaired) electrons. The molecule has 3 aliphatic heterocycles. The molecule has 11 heteroatoms. The number of allylic oxidation sites excluding steroid dienone is 1. The maximum atomic E-state index is 15.4. The van der Waals surface area contributed by atoms with Gasteiger partial charge in [-0.15, -0.1) is 5.10 Å². The first kappa shape index (κ1) is 23.1. The van der Waals surface area contributed by atoms with Crippen molar-refractivity contribution in [2.24, 2.45) is 10.9 Å². The van der Waals surface area contributed by atoms with Gasteiger partial charge in [-0.2, -0.15) is 4.68 Å². The van der Waals surface area contributed by atoms with Crippen LogP contribution in [-0.2, 0) is 6.42 Å². The lowest BCUT2D eigenvalue weighted by Gasteiger charge is -2.20. The number of anilines is 1. The predicted octanol–water partition coefficient (Wildman–Crippen LogP) is 5.36. The number of rotatable bonds is 4. The van der Waals surface area contributed by atoms with E-state index in [-0.39, 0.29) is 29.3 Å². The molecule has 1 N–H and O–H groups in total. The molecule has 4 aliphatic rings. The fourth-order valence-corrected chi connectivity index (χ4v) is 6.94. The number of hydrogen-bond donors (Lipinski definition) is 1. The third-order valence-corrected chi connectivity index (χ3v) is 8.86. The van der Waals surface area contributed by atoms with Gasteiger partial charge in [0.15, 0.2) is 0 Å². The topological polar surface area (TPSA) is 90.0 Å². The van der Waals surface area contributed by atoms with E-state index in [1.54, 1.807) is 22.9 Å². The van der Waals surface area contributed by atoms with Gasteiger partial charge < -0.3 is 9.88 Å². The first-order valence-corrected chi connectivity index (χ1v) is 13.5. The molecule has 194 valence electrons. The van der Waals surface area contributed by atoms with E-state index < -0.39 is 0 Å². The van der Waals surface area contributed by atoms with Gasteiger partial charge in [-0.25, -0.2) is 9.38 Å². The number of nitrogens with one attached hydrogen (secondary N) is 1. The molecule has 2 aromatic carbocycles. The second-order valence-corrected chi connectivity index (χ2v) is 11.2. The first-order valence-electron chi connectivity index (χ1n) is 12.8. The predicted molar refractivity (Wildman–Crippen MR) is 147 cm³/mol. The van der Waals surface area contributed by atoms with E-state index in [1.807, 2.05) is 22.8 Å². The molecule has 0 spiro atoms. The minimum atomic E-state index is -0.236. The lowest BCUT2D eigenvalue weighted by atomic mass is 9.95. The molecule has 5 heterocycles. The second kappa shape index (κ2) is 8.34. The van der Waals surface area contributed by atoms with Crippen molar-refractivity contribution >= 4 is 40.2 Å². The van der Waals surface area contributed by atoms with Gasteiger partial charge in [0.05, 0.1) is 11.7 Å². The summed E-state index contributed by atoms with van der Waals surface area (Å²) in [5.74, 6) is 0.287. The Bertz CT molecular complexity index is 1830. The fourth-order valence-electron chi connectivity index (χ4n) is 6.49. The summed E-state index contributed by atoms with van der Waals surface area (Å²) in [6, 6.07) is 12.6. The van der Waals surface area contributed by atoms with Crippen molar-refractivity contribution in [3.8, 4) is 16.8 Å². The molecule has 0 bridgehead atoms. The number of halogens is 3. The zero-order valence-electron chi connectivity index (χ0n) is 20.4. The van der Waals surface area contributed by atoms with Crippen LogP contribution in [0.1, 0.15) is 41.6 Å². The van der Waals surface area contributed by atoms with E-state index in [0.717, 1.165) is 46.9 Å². The molecule has 1 fully saturated rings. The highest BCUT2D eigenvalue weighted by Crippen LogP contribution is 2.60. The molecule has 8 nitrogen and oxygen atoms in total. The first-order chi connectivity index (χ1) is 19.0. The van der Waals surface area contributed by atoms with E-state index >= 15 is 4.39 Å². The highest BCUT2D eigenvalue weighted by atomic mass is 35.5. The van der Waals surface area contributed by atoms with E-state index in [4.69, 9.17) is 28.2 Å². The van der Waals surface area contributed by atoms with Gasteiger partial charge in [-0.3, -0.25) is 4.79 Å². The number of tetrazole rings is 1. The summed E-state index contributed by atoms with van der Waals surface area (Å²) in [6.45, 7) is 0.726. The molecule has 8 rings (SSSR count). The van der Waals surface area contributed by atoms with Crippen LogP contribution in [0.15, 0.2) is 63.7 Å². The molecule has 4 aromatic rings. The lowest BCUT2D eigenvalue weighted by molar-refractivity contribution is 0.583. The molecule has 3 atom stereocenters. The van der Waals surface area contributed by atoms with Gasteiger partial charge in [0.2, 0.25) is 0 Å². The Hall–Kier alpha value is -3.82. The van der Waals surface area contributed by atoms with Gasteiger partial charge in [-0.05, 0) is 71.1 Å². The van der Waals surface area contributed by atoms with Gasteiger partial charge >= 0.3 is 0 Å². The van der Waals surface area contributed by atoms with Crippen molar-refractivity contribution in [3.63, 3.8) is 0 Å². The number of fused-ring (bicyclic) bond motifs is 4. The summed E-state index contributed by atoms with van der Waals surface area (Å²) >= 11 is 13.0. The molecule has 1 aliphatic carbocycles. The highest BCUT2D eigenvalue weighted by molar-refractivity contribution is 6.35. The van der Waals surface area contributed by atoms with Crippen molar-refractivity contribution in [2.45, 2.75) is 31.2 Å². The summed E-state index contributed by atoms with van der Waals surface area (Å²) in [5.41, 5.74) is 6.60. The Labute approximate surface area is 231 Å². The van der Waals surface area contributed by atoms with E-state index in [0.29, 0.717) is 39.7 Å². The largest absolute Gasteiger partial charge is 0.384 e. The third kappa shape index (κ3) is 3.46. The Kier molecular flexibility index (Phi) is 4.94. The number of hydrogen-bond acceptors (Lipinski definition) is 6. The number of nitrogens with zero attached hydrogens (tertiary/aromatic N) is 6. The van der Waals surface area contributed by atoms with E-state index in [9.17, 15) is 4.79 Å². The number of pyridine rings is 1. The minimum Gasteiger partial charge on any atom is -0.384 e. The maximum absolute atomic E-state index is 15.4. The highest BCUT2D eigenvalue weighted by Gasteiger charge is 2.55.